The molecule has 0 radical (unpaired) electrons. The fourth-order valence-corrected chi connectivity index (χ4v) is 4.57. The molecule has 0 spiro atoms. The minimum Gasteiger partial charge on any atom is -0.398 e. The maximum atomic E-state index is 12.8. The third kappa shape index (κ3) is 3.34. The summed E-state index contributed by atoms with van der Waals surface area (Å²) >= 11 is 6.06. The van der Waals surface area contributed by atoms with Gasteiger partial charge in [-0.2, -0.15) is 4.31 Å². The van der Waals surface area contributed by atoms with Crippen molar-refractivity contribution in [3.8, 4) is 0 Å². The number of anilines is 1. The third-order valence-electron chi connectivity index (χ3n) is 3.53. The SMILES string of the molecule is Cc1c(N)cc(S(=O)(=O)N2CC(C)OC(C)(C)C2)cc1Cl. The van der Waals surface area contributed by atoms with Crippen molar-refractivity contribution in [3.05, 3.63) is 22.7 Å². The van der Waals surface area contributed by atoms with Gasteiger partial charge >= 0.3 is 0 Å². The zero-order valence-electron chi connectivity index (χ0n) is 12.7. The average Bonchev–Trinajstić information content (AvgIpc) is 2.32. The van der Waals surface area contributed by atoms with Crippen LogP contribution in [0.3, 0.4) is 0 Å². The second-order valence-electron chi connectivity index (χ2n) is 6.11. The van der Waals surface area contributed by atoms with Crippen LogP contribution in [0.15, 0.2) is 17.0 Å². The molecule has 1 saturated heterocycles. The number of rotatable bonds is 2. The number of sulfonamides is 1. The van der Waals surface area contributed by atoms with Crippen molar-refractivity contribution >= 4 is 27.3 Å². The lowest BCUT2D eigenvalue weighted by molar-refractivity contribution is -0.109. The van der Waals surface area contributed by atoms with E-state index in [1.54, 1.807) is 6.92 Å². The molecular weight excluding hydrogens is 312 g/mol. The molecular formula is C14H21ClN2O3S. The van der Waals surface area contributed by atoms with Crippen LogP contribution in [0, 0.1) is 6.92 Å². The number of hydrogen-bond donors (Lipinski definition) is 1. The molecule has 0 amide bonds. The Hall–Kier alpha value is -0.820. The molecule has 1 aromatic rings. The monoisotopic (exact) mass is 332 g/mol. The lowest BCUT2D eigenvalue weighted by Crippen LogP contribution is -2.53. The van der Waals surface area contributed by atoms with Crippen LogP contribution in [0.1, 0.15) is 26.3 Å². The molecule has 1 aromatic carbocycles. The second kappa shape index (κ2) is 5.43. The van der Waals surface area contributed by atoms with Gasteiger partial charge in [0.25, 0.3) is 0 Å². The zero-order chi connectivity index (χ0) is 16.0. The molecule has 1 fully saturated rings. The molecule has 1 aliphatic heterocycles. The van der Waals surface area contributed by atoms with Crippen LogP contribution in [0.4, 0.5) is 5.69 Å². The largest absolute Gasteiger partial charge is 0.398 e. The highest BCUT2D eigenvalue weighted by molar-refractivity contribution is 7.89. The van der Waals surface area contributed by atoms with E-state index in [0.717, 1.165) is 0 Å². The maximum absolute atomic E-state index is 12.8. The summed E-state index contributed by atoms with van der Waals surface area (Å²) in [7, 11) is -3.64. The molecule has 118 valence electrons. The summed E-state index contributed by atoms with van der Waals surface area (Å²) in [6.45, 7) is 7.99. The minimum absolute atomic E-state index is 0.125. The predicted molar refractivity (Wildman–Crippen MR) is 84.0 cm³/mol. The highest BCUT2D eigenvalue weighted by Gasteiger charge is 2.38. The smallest absolute Gasteiger partial charge is 0.243 e. The van der Waals surface area contributed by atoms with Crippen molar-refractivity contribution in [2.45, 2.75) is 44.3 Å². The molecule has 0 bridgehead atoms. The predicted octanol–water partition coefficient (Wildman–Crippen LogP) is 2.42. The van der Waals surface area contributed by atoms with E-state index in [9.17, 15) is 8.42 Å². The quantitative estimate of drug-likeness (QED) is 0.844. The summed E-state index contributed by atoms with van der Waals surface area (Å²) < 4.78 is 32.8. The molecule has 1 aliphatic rings. The van der Waals surface area contributed by atoms with Crippen LogP contribution in [0.2, 0.25) is 5.02 Å². The van der Waals surface area contributed by atoms with Gasteiger partial charge in [0, 0.05) is 23.8 Å². The van der Waals surface area contributed by atoms with Crippen molar-refractivity contribution in [1.29, 1.82) is 0 Å². The normalized spacial score (nSPS) is 23.2. The topological polar surface area (TPSA) is 72.6 Å². The Labute approximate surface area is 131 Å². The molecule has 7 heteroatoms. The molecule has 2 N–H and O–H groups in total. The van der Waals surface area contributed by atoms with Crippen LogP contribution >= 0.6 is 11.6 Å². The molecule has 1 heterocycles. The van der Waals surface area contributed by atoms with Gasteiger partial charge in [-0.15, -0.1) is 0 Å². The van der Waals surface area contributed by atoms with Crippen molar-refractivity contribution in [3.63, 3.8) is 0 Å². The first kappa shape index (κ1) is 16.5. The van der Waals surface area contributed by atoms with Gasteiger partial charge < -0.3 is 10.5 Å². The summed E-state index contributed by atoms with van der Waals surface area (Å²) in [4.78, 5) is 0.125. The Balaban J connectivity index is 2.42. The van der Waals surface area contributed by atoms with Gasteiger partial charge in [0.2, 0.25) is 10.0 Å². The highest BCUT2D eigenvalue weighted by atomic mass is 35.5. The van der Waals surface area contributed by atoms with Crippen LogP contribution in [-0.4, -0.2) is 37.5 Å². The molecule has 5 nitrogen and oxygen atoms in total. The minimum atomic E-state index is -3.64. The number of nitrogen functional groups attached to an aromatic ring is 1. The Morgan fingerprint density at radius 2 is 2.05 bits per heavy atom. The lowest BCUT2D eigenvalue weighted by atomic mass is 10.1. The second-order valence-corrected chi connectivity index (χ2v) is 8.45. The van der Waals surface area contributed by atoms with Gasteiger partial charge in [-0.25, -0.2) is 8.42 Å². The fraction of sp³-hybridized carbons (Fsp3) is 0.571. The number of halogens is 1. The van der Waals surface area contributed by atoms with E-state index in [1.165, 1.54) is 16.4 Å². The first-order valence-corrected chi connectivity index (χ1v) is 8.58. The van der Waals surface area contributed by atoms with Gasteiger partial charge in [0.15, 0.2) is 0 Å². The van der Waals surface area contributed by atoms with Gasteiger partial charge in [0.05, 0.1) is 16.6 Å². The van der Waals surface area contributed by atoms with Crippen LogP contribution in [0.25, 0.3) is 0 Å². The average molecular weight is 333 g/mol. The molecule has 0 aliphatic carbocycles. The van der Waals surface area contributed by atoms with Crippen LogP contribution < -0.4 is 5.73 Å². The summed E-state index contributed by atoms with van der Waals surface area (Å²) in [5.41, 5.74) is 6.38. The summed E-state index contributed by atoms with van der Waals surface area (Å²) in [5.74, 6) is 0. The highest BCUT2D eigenvalue weighted by Crippen LogP contribution is 2.30. The van der Waals surface area contributed by atoms with Crippen molar-refractivity contribution in [1.82, 2.24) is 4.31 Å². The van der Waals surface area contributed by atoms with Crippen LogP contribution in [-0.2, 0) is 14.8 Å². The van der Waals surface area contributed by atoms with E-state index in [4.69, 9.17) is 22.1 Å². The molecule has 21 heavy (non-hydrogen) atoms. The van der Waals surface area contributed by atoms with E-state index in [1.807, 2.05) is 20.8 Å². The maximum Gasteiger partial charge on any atom is 0.243 e. The first-order chi connectivity index (χ1) is 9.53. The Morgan fingerprint density at radius 3 is 2.57 bits per heavy atom. The summed E-state index contributed by atoms with van der Waals surface area (Å²) in [6, 6.07) is 2.92. The van der Waals surface area contributed by atoms with Gasteiger partial charge in [-0.1, -0.05) is 11.6 Å². The van der Waals surface area contributed by atoms with Gasteiger partial charge in [0.1, 0.15) is 0 Å². The standard InChI is InChI=1S/C14H21ClN2O3S/c1-9-7-17(8-14(3,4)20-9)21(18,19)11-5-12(15)10(2)13(16)6-11/h5-6,9H,7-8,16H2,1-4H3. The number of ether oxygens (including phenoxy) is 1. The van der Waals surface area contributed by atoms with E-state index in [-0.39, 0.29) is 11.0 Å². The van der Waals surface area contributed by atoms with Crippen molar-refractivity contribution in [2.75, 3.05) is 18.8 Å². The first-order valence-electron chi connectivity index (χ1n) is 6.76. The molecule has 0 aromatic heterocycles. The Bertz CT molecular complexity index is 635. The Kier molecular flexibility index (Phi) is 4.28. The van der Waals surface area contributed by atoms with Gasteiger partial charge in [-0.05, 0) is 45.4 Å². The third-order valence-corrected chi connectivity index (χ3v) is 5.72. The number of nitrogens with zero attached hydrogens (tertiary/aromatic N) is 1. The number of nitrogens with two attached hydrogens (primary N) is 1. The summed E-state index contributed by atoms with van der Waals surface area (Å²) in [6.07, 6.45) is -0.165. The summed E-state index contributed by atoms with van der Waals surface area (Å²) in [5, 5.41) is 0.356. The molecule has 2 rings (SSSR count). The fourth-order valence-electron chi connectivity index (χ4n) is 2.55. The number of morpholine rings is 1. The van der Waals surface area contributed by atoms with E-state index >= 15 is 0 Å². The van der Waals surface area contributed by atoms with E-state index in [0.29, 0.717) is 29.4 Å². The molecule has 0 saturated carbocycles. The van der Waals surface area contributed by atoms with Gasteiger partial charge in [-0.3, -0.25) is 0 Å². The number of benzene rings is 1. The van der Waals surface area contributed by atoms with E-state index in [2.05, 4.69) is 0 Å². The zero-order valence-corrected chi connectivity index (χ0v) is 14.3. The lowest BCUT2D eigenvalue weighted by Gasteiger charge is -2.40. The molecule has 1 atom stereocenters. The molecule has 1 unspecified atom stereocenters. The van der Waals surface area contributed by atoms with Crippen molar-refractivity contribution in [2.24, 2.45) is 0 Å². The Morgan fingerprint density at radius 1 is 1.43 bits per heavy atom. The van der Waals surface area contributed by atoms with Crippen LogP contribution in [0.5, 0.6) is 0 Å². The van der Waals surface area contributed by atoms with E-state index < -0.39 is 15.6 Å². The van der Waals surface area contributed by atoms with Crippen molar-refractivity contribution < 1.29 is 13.2 Å². The number of hydrogen-bond acceptors (Lipinski definition) is 4.